The van der Waals surface area contributed by atoms with Crippen molar-refractivity contribution in [2.24, 2.45) is 0 Å². The van der Waals surface area contributed by atoms with Gasteiger partial charge in [0.15, 0.2) is 11.6 Å². The van der Waals surface area contributed by atoms with Gasteiger partial charge in [-0.2, -0.15) is 4.98 Å². The summed E-state index contributed by atoms with van der Waals surface area (Å²) >= 11 is 0. The number of rotatable bonds is 4. The minimum Gasteiger partial charge on any atom is -0.378 e. The summed E-state index contributed by atoms with van der Waals surface area (Å²) in [6, 6.07) is 1.75. The minimum absolute atomic E-state index is 0.127. The Labute approximate surface area is 222 Å². The van der Waals surface area contributed by atoms with Crippen LogP contribution in [0.2, 0.25) is 0 Å². The Hall–Kier alpha value is -4.17. The Morgan fingerprint density at radius 3 is 2.15 bits per heavy atom. The van der Waals surface area contributed by atoms with Crippen molar-refractivity contribution in [2.45, 2.75) is 6.42 Å². The summed E-state index contributed by atoms with van der Waals surface area (Å²) < 4.78 is 40.8. The Morgan fingerprint density at radius 2 is 1.51 bits per heavy atom. The van der Waals surface area contributed by atoms with Crippen molar-refractivity contribution in [1.82, 2.24) is 19.9 Å². The molecule has 2 aromatic heterocycles. The Kier molecular flexibility index (Phi) is 6.79. The quantitative estimate of drug-likeness (QED) is 0.507. The number of anilines is 5. The molecule has 2 saturated heterocycles. The summed E-state index contributed by atoms with van der Waals surface area (Å²) in [5.41, 5.74) is 7.45. The lowest BCUT2D eigenvalue weighted by Crippen LogP contribution is -2.38. The minimum atomic E-state index is -0.860. The lowest BCUT2D eigenvalue weighted by Gasteiger charge is -2.29. The number of nitrogen functional groups attached to an aromatic ring is 1. The van der Waals surface area contributed by atoms with Crippen LogP contribution in [-0.2, 0) is 15.9 Å². The Bertz CT molecular complexity index is 1360. The lowest BCUT2D eigenvalue weighted by atomic mass is 10.1. The first-order chi connectivity index (χ1) is 19.0. The van der Waals surface area contributed by atoms with Crippen LogP contribution < -0.4 is 25.8 Å². The van der Waals surface area contributed by atoms with E-state index in [-0.39, 0.29) is 12.5 Å². The number of aromatic nitrogens is 4. The van der Waals surface area contributed by atoms with Crippen molar-refractivity contribution >= 4 is 35.1 Å². The first kappa shape index (κ1) is 25.1. The van der Waals surface area contributed by atoms with E-state index in [9.17, 15) is 4.79 Å². The molecule has 0 saturated carbocycles. The number of ether oxygens (including phenoxy) is 2. The number of hydrogen-bond donors (Lipinski definition) is 2. The predicted octanol–water partition coefficient (Wildman–Crippen LogP) is 2.06. The van der Waals surface area contributed by atoms with E-state index in [0.717, 1.165) is 0 Å². The van der Waals surface area contributed by atoms with Gasteiger partial charge in [-0.1, -0.05) is 0 Å². The molecule has 2 fully saturated rings. The Balaban J connectivity index is 1.31. The maximum absolute atomic E-state index is 15.0. The lowest BCUT2D eigenvalue weighted by molar-refractivity contribution is 0.122. The molecule has 3 N–H and O–H groups in total. The molecule has 0 spiro atoms. The van der Waals surface area contributed by atoms with Crippen molar-refractivity contribution in [3.05, 3.63) is 41.7 Å². The maximum Gasteiger partial charge on any atom is 0.327 e. The maximum atomic E-state index is 15.0. The van der Waals surface area contributed by atoms with Crippen molar-refractivity contribution in [3.8, 4) is 11.3 Å². The molecule has 6 rings (SSSR count). The van der Waals surface area contributed by atoms with Crippen LogP contribution in [0.3, 0.4) is 0 Å². The highest BCUT2D eigenvalue weighted by Gasteiger charge is 2.33. The molecule has 0 bridgehead atoms. The third-order valence-electron chi connectivity index (χ3n) is 6.93. The summed E-state index contributed by atoms with van der Waals surface area (Å²) in [6.07, 6.45) is 3.57. The number of nitrogens with one attached hydrogen (secondary N) is 1. The van der Waals surface area contributed by atoms with E-state index >= 15 is 8.78 Å². The fourth-order valence-electron chi connectivity index (χ4n) is 4.90. The zero-order valence-electron chi connectivity index (χ0n) is 21.1. The number of hydrogen-bond acceptors (Lipinski definition) is 10. The van der Waals surface area contributed by atoms with Gasteiger partial charge < -0.3 is 30.3 Å². The van der Waals surface area contributed by atoms with Gasteiger partial charge in [-0.3, -0.25) is 4.90 Å². The van der Waals surface area contributed by atoms with Gasteiger partial charge >= 0.3 is 6.03 Å². The van der Waals surface area contributed by atoms with Crippen LogP contribution in [0.15, 0.2) is 24.5 Å². The van der Waals surface area contributed by atoms with Crippen LogP contribution in [0.5, 0.6) is 0 Å². The second-order valence-electron chi connectivity index (χ2n) is 9.32. The van der Waals surface area contributed by atoms with Crippen molar-refractivity contribution in [2.75, 3.05) is 84.9 Å². The number of nitrogens with zero attached hydrogens (tertiary/aromatic N) is 7. The van der Waals surface area contributed by atoms with Crippen LogP contribution in [0.4, 0.5) is 42.7 Å². The third-order valence-corrected chi connectivity index (χ3v) is 6.93. The average Bonchev–Trinajstić information content (AvgIpc) is 3.40. The zero-order chi connectivity index (χ0) is 26.9. The number of carbonyl (C=O) groups excluding carboxylic acids is 1. The number of benzene rings is 1. The molecule has 2 amide bonds. The second-order valence-corrected chi connectivity index (χ2v) is 9.32. The topological polar surface area (TPSA) is 135 Å². The Morgan fingerprint density at radius 1 is 0.897 bits per heavy atom. The smallest absolute Gasteiger partial charge is 0.327 e. The van der Waals surface area contributed by atoms with Gasteiger partial charge in [0.25, 0.3) is 0 Å². The molecule has 12 nitrogen and oxygen atoms in total. The monoisotopic (exact) mass is 539 g/mol. The number of amides is 2. The first-order valence-electron chi connectivity index (χ1n) is 12.7. The number of carbonyl (C=O) groups is 1. The number of nitrogens with two attached hydrogens (primary N) is 1. The molecule has 204 valence electrons. The van der Waals surface area contributed by atoms with Gasteiger partial charge in [0.2, 0.25) is 11.9 Å². The summed E-state index contributed by atoms with van der Waals surface area (Å²) in [5, 5.41) is 2.42. The van der Waals surface area contributed by atoms with Gasteiger partial charge in [0.05, 0.1) is 32.1 Å². The van der Waals surface area contributed by atoms with Gasteiger partial charge in [0, 0.05) is 61.9 Å². The molecule has 3 aromatic rings. The highest BCUT2D eigenvalue weighted by molar-refractivity contribution is 6.03. The average molecular weight is 540 g/mol. The number of urea groups is 1. The van der Waals surface area contributed by atoms with Gasteiger partial charge in [-0.25, -0.2) is 28.5 Å². The van der Waals surface area contributed by atoms with Crippen molar-refractivity contribution in [1.29, 1.82) is 0 Å². The van der Waals surface area contributed by atoms with E-state index in [0.29, 0.717) is 93.3 Å². The molecule has 1 aromatic carbocycles. The van der Waals surface area contributed by atoms with E-state index < -0.39 is 23.4 Å². The van der Waals surface area contributed by atoms with Crippen molar-refractivity contribution < 1.29 is 23.0 Å². The van der Waals surface area contributed by atoms with Gasteiger partial charge in [0.1, 0.15) is 11.5 Å². The SMILES string of the molecule is Nc1ncc(-c2nc(N3CCOCC3)nc3c2CCN3C(=O)Nc2c(F)cc(N3CCOCC3)cc2F)cn1. The van der Waals surface area contributed by atoms with Crippen LogP contribution in [-0.4, -0.2) is 85.1 Å². The van der Waals surface area contributed by atoms with Crippen LogP contribution in [0.25, 0.3) is 11.3 Å². The molecular formula is C25H27F2N9O3. The summed E-state index contributed by atoms with van der Waals surface area (Å²) in [6.45, 7) is 4.46. The molecule has 0 aliphatic carbocycles. The summed E-state index contributed by atoms with van der Waals surface area (Å²) in [7, 11) is 0. The predicted molar refractivity (Wildman–Crippen MR) is 140 cm³/mol. The number of halogens is 2. The van der Waals surface area contributed by atoms with Crippen LogP contribution >= 0.6 is 0 Å². The number of fused-ring (bicyclic) bond motifs is 1. The zero-order valence-corrected chi connectivity index (χ0v) is 21.1. The molecular weight excluding hydrogens is 512 g/mol. The largest absolute Gasteiger partial charge is 0.378 e. The molecule has 0 radical (unpaired) electrons. The molecule has 3 aliphatic rings. The molecule has 0 unspecified atom stereocenters. The summed E-state index contributed by atoms with van der Waals surface area (Å²) in [4.78, 5) is 36.2. The standard InChI is InChI=1S/C25H27F2N9O3/c26-18-11-16(34-3-7-38-8-4-34)12-19(27)21(18)32-25(37)36-2-1-17-20(15-13-29-23(28)30-14-15)31-24(33-22(17)36)35-5-9-39-10-6-35/h11-14H,1-10H2,(H,32,37)(H2,28,29,30). The molecule has 39 heavy (non-hydrogen) atoms. The van der Waals surface area contributed by atoms with E-state index in [1.165, 1.54) is 17.0 Å². The van der Waals surface area contributed by atoms with Crippen LogP contribution in [0.1, 0.15) is 5.56 Å². The molecule has 0 atom stereocenters. The van der Waals surface area contributed by atoms with E-state index in [2.05, 4.69) is 15.3 Å². The fraction of sp³-hybridized carbons (Fsp3) is 0.400. The highest BCUT2D eigenvalue weighted by Crippen LogP contribution is 2.36. The van der Waals surface area contributed by atoms with Gasteiger partial charge in [-0.05, 0) is 18.6 Å². The third kappa shape index (κ3) is 5.00. The van der Waals surface area contributed by atoms with Crippen molar-refractivity contribution in [3.63, 3.8) is 0 Å². The van der Waals surface area contributed by atoms with E-state index in [1.54, 1.807) is 12.4 Å². The normalized spacial score (nSPS) is 17.3. The van der Waals surface area contributed by atoms with E-state index in [1.807, 2.05) is 9.80 Å². The highest BCUT2D eigenvalue weighted by atomic mass is 19.1. The first-order valence-corrected chi connectivity index (χ1v) is 12.7. The van der Waals surface area contributed by atoms with Crippen LogP contribution in [0, 0.1) is 11.6 Å². The second kappa shape index (κ2) is 10.5. The summed E-state index contributed by atoms with van der Waals surface area (Å²) in [5.74, 6) is -0.818. The molecule has 3 aliphatic heterocycles. The van der Waals surface area contributed by atoms with E-state index in [4.69, 9.17) is 25.2 Å². The molecule has 14 heteroatoms. The van der Waals surface area contributed by atoms with Gasteiger partial charge in [-0.15, -0.1) is 0 Å². The fourth-order valence-corrected chi connectivity index (χ4v) is 4.90. The number of morpholine rings is 2. The molecule has 5 heterocycles.